The minimum Gasteiger partial charge on any atom is -0.394 e. The van der Waals surface area contributed by atoms with Gasteiger partial charge in [0.15, 0.2) is 0 Å². The predicted molar refractivity (Wildman–Crippen MR) is 161 cm³/mol. The molecule has 10 nitrogen and oxygen atoms in total. The number of hydrogen-bond acceptors (Lipinski definition) is 10. The molecule has 1 unspecified atom stereocenters. The molecule has 0 saturated heterocycles. The third kappa shape index (κ3) is 35.7. The summed E-state index contributed by atoms with van der Waals surface area (Å²) in [7, 11) is 0. The highest BCUT2D eigenvalue weighted by Gasteiger charge is 2.09. The van der Waals surface area contributed by atoms with E-state index in [0.29, 0.717) is 118 Å². The van der Waals surface area contributed by atoms with Gasteiger partial charge in [0, 0.05) is 0 Å². The first-order valence-electron chi connectivity index (χ1n) is 16.2. The average Bonchev–Trinajstić information content (AvgIpc) is 2.98. The second-order valence-corrected chi connectivity index (χ2v) is 9.81. The van der Waals surface area contributed by atoms with Crippen molar-refractivity contribution in [1.29, 1.82) is 0 Å². The van der Waals surface area contributed by atoms with E-state index in [2.05, 4.69) is 13.8 Å². The van der Waals surface area contributed by atoms with E-state index in [-0.39, 0.29) is 6.61 Å². The van der Waals surface area contributed by atoms with Crippen molar-refractivity contribution in [3.05, 3.63) is 0 Å². The van der Waals surface area contributed by atoms with Crippen molar-refractivity contribution in [3.8, 4) is 0 Å². The monoisotopic (exact) mass is 596 g/mol. The molecule has 0 amide bonds. The number of hydrogen-bond donors (Lipinski definition) is 1. The highest BCUT2D eigenvalue weighted by atomic mass is 16.6. The smallest absolute Gasteiger partial charge is 0.0704 e. The lowest BCUT2D eigenvalue weighted by atomic mass is 10.0. The van der Waals surface area contributed by atoms with Crippen LogP contribution < -0.4 is 0 Å². The molecule has 10 heteroatoms. The van der Waals surface area contributed by atoms with Gasteiger partial charge in [0.2, 0.25) is 0 Å². The Bertz CT molecular complexity index is 459. The molecule has 0 aromatic rings. The van der Waals surface area contributed by atoms with Crippen molar-refractivity contribution in [1.82, 2.24) is 0 Å². The minimum atomic E-state index is 0.0322. The van der Waals surface area contributed by atoms with Crippen molar-refractivity contribution < 1.29 is 47.7 Å². The van der Waals surface area contributed by atoms with Crippen molar-refractivity contribution >= 4 is 0 Å². The highest BCUT2D eigenvalue weighted by molar-refractivity contribution is 4.60. The molecule has 41 heavy (non-hydrogen) atoms. The van der Waals surface area contributed by atoms with Crippen LogP contribution in [0.2, 0.25) is 0 Å². The maximum atomic E-state index is 8.58. The SMILES string of the molecule is CCCCCCCC(CCCCC)OCCOCCOCCOCCOCCOCCOCCOCCOCCO. The molecule has 0 fully saturated rings. The first kappa shape index (κ1) is 40.6. The van der Waals surface area contributed by atoms with Gasteiger partial charge in [0.1, 0.15) is 0 Å². The van der Waals surface area contributed by atoms with Crippen molar-refractivity contribution in [2.75, 3.05) is 119 Å². The molecule has 0 aliphatic rings. The molecule has 0 spiro atoms. The number of rotatable bonds is 37. The summed E-state index contributed by atoms with van der Waals surface area (Å²) in [6.07, 6.45) is 13.1. The van der Waals surface area contributed by atoms with Crippen LogP contribution in [-0.2, 0) is 42.6 Å². The Kier molecular flexibility index (Phi) is 37.3. The molecule has 0 saturated carbocycles. The summed E-state index contributed by atoms with van der Waals surface area (Å²) in [4.78, 5) is 0. The van der Waals surface area contributed by atoms with E-state index in [0.717, 1.165) is 0 Å². The van der Waals surface area contributed by atoms with E-state index in [4.69, 9.17) is 47.7 Å². The van der Waals surface area contributed by atoms with Gasteiger partial charge in [-0.25, -0.2) is 0 Å². The first-order valence-corrected chi connectivity index (χ1v) is 16.2. The molecule has 0 bridgehead atoms. The molecule has 248 valence electrons. The maximum Gasteiger partial charge on any atom is 0.0704 e. The van der Waals surface area contributed by atoms with E-state index in [9.17, 15) is 0 Å². The lowest BCUT2D eigenvalue weighted by Gasteiger charge is -2.18. The van der Waals surface area contributed by atoms with Crippen LogP contribution in [0, 0.1) is 0 Å². The van der Waals surface area contributed by atoms with Crippen LogP contribution in [0.4, 0.5) is 0 Å². The number of unbranched alkanes of at least 4 members (excludes halogenated alkanes) is 6. The molecule has 0 aromatic carbocycles. The Morgan fingerprint density at radius 3 is 1.02 bits per heavy atom. The summed E-state index contributed by atoms with van der Waals surface area (Å²) in [5, 5.41) is 8.58. The molecule has 0 aliphatic heterocycles. The second kappa shape index (κ2) is 37.6. The van der Waals surface area contributed by atoms with Crippen LogP contribution in [0.15, 0.2) is 0 Å². The fourth-order valence-electron chi connectivity index (χ4n) is 3.89. The van der Waals surface area contributed by atoms with Gasteiger partial charge in [0.25, 0.3) is 0 Å². The third-order valence-electron chi connectivity index (χ3n) is 6.18. The van der Waals surface area contributed by atoms with Gasteiger partial charge in [-0.1, -0.05) is 65.2 Å². The maximum absolute atomic E-state index is 8.58. The molecule has 0 aromatic heterocycles. The van der Waals surface area contributed by atoms with Crippen LogP contribution >= 0.6 is 0 Å². The Labute approximate surface area is 251 Å². The number of ether oxygens (including phenoxy) is 9. The van der Waals surface area contributed by atoms with E-state index in [1.54, 1.807) is 0 Å². The zero-order chi connectivity index (χ0) is 29.7. The van der Waals surface area contributed by atoms with E-state index >= 15 is 0 Å². The predicted octanol–water partition coefficient (Wildman–Crippen LogP) is 4.44. The molecule has 0 aliphatic carbocycles. The molecule has 1 N–H and O–H groups in total. The van der Waals surface area contributed by atoms with Crippen molar-refractivity contribution in [2.24, 2.45) is 0 Å². The van der Waals surface area contributed by atoms with Crippen LogP contribution in [0.5, 0.6) is 0 Å². The van der Waals surface area contributed by atoms with Gasteiger partial charge in [-0.15, -0.1) is 0 Å². The molecule has 0 rings (SSSR count). The summed E-state index contributed by atoms with van der Waals surface area (Å²) >= 11 is 0. The Balaban J connectivity index is 3.30. The second-order valence-electron chi connectivity index (χ2n) is 9.81. The first-order chi connectivity index (χ1) is 20.3. The zero-order valence-corrected chi connectivity index (χ0v) is 26.5. The Morgan fingerprint density at radius 2 is 0.659 bits per heavy atom. The standard InChI is InChI=1S/C31H64O10/c1-3-5-7-8-10-12-31(11-9-6-4-2)41-30-29-40-28-27-39-26-25-38-24-23-37-22-21-36-20-19-35-18-17-34-16-15-33-14-13-32/h31-32H,3-30H2,1-2H3. The topological polar surface area (TPSA) is 103 Å². The number of aliphatic hydroxyl groups excluding tert-OH is 1. The van der Waals surface area contributed by atoms with E-state index < -0.39 is 0 Å². The fraction of sp³-hybridized carbons (Fsp3) is 1.00. The zero-order valence-electron chi connectivity index (χ0n) is 26.5. The normalized spacial score (nSPS) is 12.4. The third-order valence-corrected chi connectivity index (χ3v) is 6.18. The van der Waals surface area contributed by atoms with Crippen molar-refractivity contribution in [3.63, 3.8) is 0 Å². The lowest BCUT2D eigenvalue weighted by Crippen LogP contribution is -2.18. The minimum absolute atomic E-state index is 0.0322. The van der Waals surface area contributed by atoms with Crippen LogP contribution in [0.3, 0.4) is 0 Å². The largest absolute Gasteiger partial charge is 0.394 e. The Morgan fingerprint density at radius 1 is 0.366 bits per heavy atom. The van der Waals surface area contributed by atoms with Gasteiger partial charge in [0.05, 0.1) is 125 Å². The molecule has 0 radical (unpaired) electrons. The summed E-state index contributed by atoms with van der Waals surface area (Å²) < 4.78 is 49.6. The van der Waals surface area contributed by atoms with Crippen LogP contribution in [0.1, 0.15) is 78.1 Å². The van der Waals surface area contributed by atoms with Crippen molar-refractivity contribution in [2.45, 2.75) is 84.2 Å². The molecule has 1 atom stereocenters. The van der Waals surface area contributed by atoms with E-state index in [1.807, 2.05) is 0 Å². The average molecular weight is 597 g/mol. The summed E-state index contributed by atoms with van der Waals surface area (Å²) in [6, 6.07) is 0. The molecular weight excluding hydrogens is 532 g/mol. The fourth-order valence-corrected chi connectivity index (χ4v) is 3.89. The summed E-state index contributed by atoms with van der Waals surface area (Å²) in [5.74, 6) is 0. The molecule has 0 heterocycles. The quantitative estimate of drug-likeness (QED) is 0.104. The van der Waals surface area contributed by atoms with Gasteiger partial charge >= 0.3 is 0 Å². The van der Waals surface area contributed by atoms with Gasteiger partial charge in [-0.3, -0.25) is 0 Å². The lowest BCUT2D eigenvalue weighted by molar-refractivity contribution is -0.0311. The highest BCUT2D eigenvalue weighted by Crippen LogP contribution is 2.15. The van der Waals surface area contributed by atoms with Crippen LogP contribution in [-0.4, -0.2) is 130 Å². The summed E-state index contributed by atoms with van der Waals surface area (Å²) in [6.45, 7) is 13.5. The van der Waals surface area contributed by atoms with E-state index in [1.165, 1.54) is 64.2 Å². The summed E-state index contributed by atoms with van der Waals surface area (Å²) in [5.41, 5.74) is 0. The number of aliphatic hydroxyl groups is 1. The van der Waals surface area contributed by atoms with Gasteiger partial charge in [-0.05, 0) is 12.8 Å². The Hall–Kier alpha value is -0.400. The van der Waals surface area contributed by atoms with Gasteiger partial charge in [-0.2, -0.15) is 0 Å². The van der Waals surface area contributed by atoms with Gasteiger partial charge < -0.3 is 47.7 Å². The molecular formula is C31H64O10. The van der Waals surface area contributed by atoms with Crippen LogP contribution in [0.25, 0.3) is 0 Å².